The number of ether oxygens (including phenoxy) is 1. The minimum absolute atomic E-state index is 0.0583. The molecule has 0 radical (unpaired) electrons. The predicted octanol–water partition coefficient (Wildman–Crippen LogP) is 4.90. The van der Waals surface area contributed by atoms with Gasteiger partial charge in [0.05, 0.1) is 11.6 Å². The lowest BCUT2D eigenvalue weighted by atomic mass is 9.87. The summed E-state index contributed by atoms with van der Waals surface area (Å²) in [6.07, 6.45) is 6.75. The van der Waals surface area contributed by atoms with E-state index in [0.717, 1.165) is 58.0 Å². The highest BCUT2D eigenvalue weighted by atomic mass is 16.5. The standard InChI is InChI=1S/C25H38N2O3/c1-5-16-26-17-10-11-18-27(24(29)25(2,3)4)20-13-7-9-15-22(20)30-21-14-8-6-12-19(21)23(26)28/h6,8,12,14,20,22H,5,7,9-11,13,15-18H2,1-4H3/t20-,22+/m1/s1. The maximum absolute atomic E-state index is 13.4. The Hall–Kier alpha value is -2.04. The number of hydrogen-bond donors (Lipinski definition) is 0. The molecule has 5 heteroatoms. The van der Waals surface area contributed by atoms with Crippen LogP contribution in [0, 0.1) is 5.41 Å². The van der Waals surface area contributed by atoms with Crippen molar-refractivity contribution in [3.8, 4) is 5.75 Å². The van der Waals surface area contributed by atoms with Crippen LogP contribution >= 0.6 is 0 Å². The summed E-state index contributed by atoms with van der Waals surface area (Å²) in [5.41, 5.74) is 0.228. The van der Waals surface area contributed by atoms with Gasteiger partial charge in [0.15, 0.2) is 0 Å². The summed E-state index contributed by atoms with van der Waals surface area (Å²) in [4.78, 5) is 30.7. The van der Waals surface area contributed by atoms with Gasteiger partial charge in [-0.15, -0.1) is 0 Å². The Kier molecular flexibility index (Phi) is 7.43. The van der Waals surface area contributed by atoms with E-state index in [-0.39, 0.29) is 24.0 Å². The zero-order chi connectivity index (χ0) is 21.7. The average molecular weight is 415 g/mol. The Labute approximate surface area is 181 Å². The smallest absolute Gasteiger partial charge is 0.257 e. The van der Waals surface area contributed by atoms with Crippen LogP contribution in [0.4, 0.5) is 0 Å². The van der Waals surface area contributed by atoms with E-state index >= 15 is 0 Å². The van der Waals surface area contributed by atoms with E-state index in [1.165, 1.54) is 0 Å². The van der Waals surface area contributed by atoms with Crippen molar-refractivity contribution in [3.05, 3.63) is 29.8 Å². The summed E-state index contributed by atoms with van der Waals surface area (Å²) in [7, 11) is 0. The first-order valence-electron chi connectivity index (χ1n) is 11.7. The van der Waals surface area contributed by atoms with E-state index < -0.39 is 5.41 Å². The molecule has 3 rings (SSSR count). The predicted molar refractivity (Wildman–Crippen MR) is 120 cm³/mol. The zero-order valence-electron chi connectivity index (χ0n) is 19.2. The molecule has 0 spiro atoms. The van der Waals surface area contributed by atoms with Crippen molar-refractivity contribution in [3.63, 3.8) is 0 Å². The lowest BCUT2D eigenvalue weighted by Crippen LogP contribution is -2.54. The molecule has 1 aliphatic heterocycles. The fourth-order valence-electron chi connectivity index (χ4n) is 4.67. The SMILES string of the molecule is CCCN1CCCCN(C(=O)C(C)(C)C)[C@@H]2CCCC[C@@H]2Oc2ccccc2C1=O. The van der Waals surface area contributed by atoms with Crippen LogP contribution in [0.3, 0.4) is 0 Å². The molecule has 0 N–H and O–H groups in total. The minimum Gasteiger partial charge on any atom is -0.487 e. The van der Waals surface area contributed by atoms with Gasteiger partial charge in [-0.05, 0) is 50.7 Å². The quantitative estimate of drug-likeness (QED) is 0.692. The van der Waals surface area contributed by atoms with Crippen molar-refractivity contribution < 1.29 is 14.3 Å². The topological polar surface area (TPSA) is 49.9 Å². The summed E-state index contributed by atoms with van der Waals surface area (Å²) in [5.74, 6) is 0.919. The summed E-state index contributed by atoms with van der Waals surface area (Å²) >= 11 is 0. The summed E-state index contributed by atoms with van der Waals surface area (Å²) < 4.78 is 6.52. The van der Waals surface area contributed by atoms with E-state index in [1.807, 2.05) is 49.9 Å². The maximum atomic E-state index is 13.4. The second-order valence-electron chi connectivity index (χ2n) is 9.75. The molecule has 1 aromatic rings. The van der Waals surface area contributed by atoms with Gasteiger partial charge in [-0.2, -0.15) is 0 Å². The highest BCUT2D eigenvalue weighted by Gasteiger charge is 2.38. The van der Waals surface area contributed by atoms with Gasteiger partial charge in [-0.25, -0.2) is 0 Å². The fraction of sp³-hybridized carbons (Fsp3) is 0.680. The molecule has 0 aromatic heterocycles. The lowest BCUT2D eigenvalue weighted by molar-refractivity contribution is -0.145. The van der Waals surface area contributed by atoms with Gasteiger partial charge in [0, 0.05) is 25.0 Å². The Bertz CT molecular complexity index is 740. The number of carbonyl (C=O) groups excluding carboxylic acids is 2. The number of para-hydroxylation sites is 1. The molecule has 1 fully saturated rings. The van der Waals surface area contributed by atoms with Gasteiger partial charge in [0.25, 0.3) is 5.91 Å². The average Bonchev–Trinajstić information content (AvgIpc) is 2.72. The van der Waals surface area contributed by atoms with Crippen molar-refractivity contribution in [1.82, 2.24) is 9.80 Å². The van der Waals surface area contributed by atoms with Gasteiger partial charge in [0.1, 0.15) is 11.9 Å². The largest absolute Gasteiger partial charge is 0.487 e. The first-order valence-corrected chi connectivity index (χ1v) is 11.7. The number of benzene rings is 1. The zero-order valence-corrected chi connectivity index (χ0v) is 19.2. The molecular formula is C25H38N2O3. The first-order chi connectivity index (χ1) is 14.3. The third-order valence-corrected chi connectivity index (χ3v) is 6.22. The summed E-state index contributed by atoms with van der Waals surface area (Å²) in [6, 6.07) is 7.69. The normalized spacial score (nSPS) is 23.5. The van der Waals surface area contributed by atoms with Gasteiger partial charge < -0.3 is 14.5 Å². The first kappa shape index (κ1) is 22.6. The minimum atomic E-state index is -0.415. The van der Waals surface area contributed by atoms with E-state index in [4.69, 9.17) is 4.74 Å². The highest BCUT2D eigenvalue weighted by Crippen LogP contribution is 2.32. The molecule has 2 atom stereocenters. The number of nitrogens with zero attached hydrogens (tertiary/aromatic N) is 2. The molecule has 0 saturated heterocycles. The van der Waals surface area contributed by atoms with E-state index in [0.29, 0.717) is 17.9 Å². The van der Waals surface area contributed by atoms with Crippen molar-refractivity contribution in [2.75, 3.05) is 19.6 Å². The van der Waals surface area contributed by atoms with Crippen LogP contribution in [0.25, 0.3) is 0 Å². The van der Waals surface area contributed by atoms with Gasteiger partial charge in [-0.1, -0.05) is 46.2 Å². The molecular weight excluding hydrogens is 376 g/mol. The van der Waals surface area contributed by atoms with Crippen molar-refractivity contribution >= 4 is 11.8 Å². The third-order valence-electron chi connectivity index (χ3n) is 6.22. The molecule has 30 heavy (non-hydrogen) atoms. The van der Waals surface area contributed by atoms with Gasteiger partial charge in [0.2, 0.25) is 5.91 Å². The number of rotatable bonds is 2. The van der Waals surface area contributed by atoms with Crippen LogP contribution in [-0.4, -0.2) is 53.4 Å². The number of carbonyl (C=O) groups is 2. The summed E-state index contributed by atoms with van der Waals surface area (Å²) in [6.45, 7) is 10.3. The number of amides is 2. The molecule has 0 unspecified atom stereocenters. The molecule has 0 bridgehead atoms. The molecule has 1 saturated carbocycles. The Balaban J connectivity index is 1.98. The van der Waals surface area contributed by atoms with Crippen LogP contribution in [0.1, 0.15) is 83.0 Å². The molecule has 5 nitrogen and oxygen atoms in total. The van der Waals surface area contributed by atoms with Gasteiger partial charge >= 0.3 is 0 Å². The molecule has 1 aliphatic carbocycles. The monoisotopic (exact) mass is 414 g/mol. The summed E-state index contributed by atoms with van der Waals surface area (Å²) in [5, 5.41) is 0. The van der Waals surface area contributed by atoms with Crippen LogP contribution in [0.15, 0.2) is 24.3 Å². The molecule has 1 aromatic carbocycles. The van der Waals surface area contributed by atoms with E-state index in [1.54, 1.807) is 0 Å². The second kappa shape index (κ2) is 9.84. The lowest BCUT2D eigenvalue weighted by Gasteiger charge is -2.43. The van der Waals surface area contributed by atoms with Crippen LogP contribution in [-0.2, 0) is 4.79 Å². The maximum Gasteiger partial charge on any atom is 0.257 e. The van der Waals surface area contributed by atoms with Gasteiger partial charge in [-0.3, -0.25) is 9.59 Å². The van der Waals surface area contributed by atoms with Crippen LogP contribution in [0.2, 0.25) is 0 Å². The number of hydrogen-bond acceptors (Lipinski definition) is 3. The highest BCUT2D eigenvalue weighted by molar-refractivity contribution is 5.97. The van der Waals surface area contributed by atoms with Crippen molar-refractivity contribution in [2.45, 2.75) is 84.8 Å². The number of fused-ring (bicyclic) bond motifs is 2. The Morgan fingerprint density at radius 3 is 2.50 bits per heavy atom. The van der Waals surface area contributed by atoms with Crippen molar-refractivity contribution in [1.29, 1.82) is 0 Å². The second-order valence-corrected chi connectivity index (χ2v) is 9.75. The van der Waals surface area contributed by atoms with Crippen LogP contribution in [0.5, 0.6) is 5.75 Å². The fourth-order valence-corrected chi connectivity index (χ4v) is 4.67. The van der Waals surface area contributed by atoms with E-state index in [2.05, 4.69) is 11.8 Å². The molecule has 1 heterocycles. The van der Waals surface area contributed by atoms with Crippen molar-refractivity contribution in [2.24, 2.45) is 5.41 Å². The Morgan fingerprint density at radius 2 is 1.77 bits per heavy atom. The van der Waals surface area contributed by atoms with E-state index in [9.17, 15) is 9.59 Å². The Morgan fingerprint density at radius 1 is 1.07 bits per heavy atom. The molecule has 2 amide bonds. The molecule has 166 valence electrons. The third kappa shape index (κ3) is 5.16. The van der Waals surface area contributed by atoms with Crippen LogP contribution < -0.4 is 4.74 Å². The molecule has 2 aliphatic rings.